The van der Waals surface area contributed by atoms with Gasteiger partial charge < -0.3 is 9.47 Å². The summed E-state index contributed by atoms with van der Waals surface area (Å²) in [4.78, 5) is 23.8. The van der Waals surface area contributed by atoms with Crippen molar-refractivity contribution in [3.05, 3.63) is 0 Å². The van der Waals surface area contributed by atoms with Gasteiger partial charge in [0.25, 0.3) is 0 Å². The van der Waals surface area contributed by atoms with Crippen LogP contribution in [0.4, 0.5) is 4.79 Å². The Hall–Kier alpha value is -1.26. The number of likely N-dealkylation sites (tertiary alicyclic amines) is 1. The van der Waals surface area contributed by atoms with Crippen LogP contribution in [0.3, 0.4) is 0 Å². The Morgan fingerprint density at radius 3 is 3.15 bits per heavy atom. The third-order valence-corrected chi connectivity index (χ3v) is 2.52. The minimum atomic E-state index is -0.442. The van der Waals surface area contributed by atoms with Gasteiger partial charge in [0.15, 0.2) is 0 Å². The molecule has 2 heterocycles. The van der Waals surface area contributed by atoms with Gasteiger partial charge in [-0.15, -0.1) is 0 Å². The summed E-state index contributed by atoms with van der Waals surface area (Å²) in [6.45, 7) is 0.549. The number of piperidine rings is 1. The van der Waals surface area contributed by atoms with Crippen LogP contribution in [0.1, 0.15) is 12.8 Å². The van der Waals surface area contributed by atoms with Crippen LogP contribution < -0.4 is 0 Å². The molecule has 2 bridgehead atoms. The highest BCUT2D eigenvalue weighted by atomic mass is 16.6. The molecule has 1 amide bonds. The van der Waals surface area contributed by atoms with E-state index in [-0.39, 0.29) is 12.1 Å². The summed E-state index contributed by atoms with van der Waals surface area (Å²) in [5.74, 6) is -0.298. The summed E-state index contributed by atoms with van der Waals surface area (Å²) in [5, 5.41) is 0. The second-order valence-electron chi connectivity index (χ2n) is 3.26. The number of amides is 1. The minimum absolute atomic E-state index is 0.0124. The van der Waals surface area contributed by atoms with Gasteiger partial charge in [-0.2, -0.15) is 0 Å². The Balaban J connectivity index is 2.13. The number of nitrogens with zero attached hydrogens (tertiary/aromatic N) is 1. The third kappa shape index (κ3) is 1.24. The maximum Gasteiger partial charge on any atom is 0.410 e. The first kappa shape index (κ1) is 8.34. The predicted octanol–water partition coefficient (Wildman–Crippen LogP) is 0.143. The molecule has 0 radical (unpaired) electrons. The molecule has 0 aromatic rings. The summed E-state index contributed by atoms with van der Waals surface area (Å²) >= 11 is 0. The third-order valence-electron chi connectivity index (χ3n) is 2.52. The van der Waals surface area contributed by atoms with Crippen molar-refractivity contribution in [2.24, 2.45) is 0 Å². The van der Waals surface area contributed by atoms with Crippen LogP contribution in [-0.2, 0) is 14.3 Å². The molecular formula is C8H11NO4. The molecule has 72 valence electrons. The van der Waals surface area contributed by atoms with Gasteiger partial charge in [-0.25, -0.2) is 9.59 Å². The molecule has 2 saturated heterocycles. The van der Waals surface area contributed by atoms with Crippen LogP contribution in [0.25, 0.3) is 0 Å². The average Bonchev–Trinajstić information content (AvgIpc) is 2.42. The quantitative estimate of drug-likeness (QED) is 0.504. The molecule has 0 saturated carbocycles. The summed E-state index contributed by atoms with van der Waals surface area (Å²) in [7, 11) is 1.31. The molecule has 0 spiro atoms. The predicted molar refractivity (Wildman–Crippen MR) is 42.0 cm³/mol. The van der Waals surface area contributed by atoms with E-state index in [1.807, 2.05) is 0 Å². The summed E-state index contributed by atoms with van der Waals surface area (Å²) < 4.78 is 9.59. The van der Waals surface area contributed by atoms with Crippen LogP contribution in [0.15, 0.2) is 0 Å². The number of hydrogen-bond donors (Lipinski definition) is 0. The molecule has 2 aliphatic heterocycles. The average molecular weight is 185 g/mol. The fourth-order valence-corrected chi connectivity index (χ4v) is 1.84. The standard InChI is InChI=1S/C8H11NO4/c1-12-8(11)9-3-2-5-4-6(9)7(10)13-5/h5-6H,2-4H2,1H3/t5-,6+/m1/s1. The van der Waals surface area contributed by atoms with Crippen molar-refractivity contribution in [3.63, 3.8) is 0 Å². The highest BCUT2D eigenvalue weighted by Gasteiger charge is 2.44. The first-order chi connectivity index (χ1) is 6.22. The van der Waals surface area contributed by atoms with Gasteiger partial charge in [0.2, 0.25) is 0 Å². The van der Waals surface area contributed by atoms with Crippen molar-refractivity contribution in [2.75, 3.05) is 13.7 Å². The minimum Gasteiger partial charge on any atom is -0.461 e. The lowest BCUT2D eigenvalue weighted by molar-refractivity contribution is -0.143. The Kier molecular flexibility index (Phi) is 1.86. The van der Waals surface area contributed by atoms with E-state index in [0.29, 0.717) is 13.0 Å². The molecule has 5 heteroatoms. The first-order valence-electron chi connectivity index (χ1n) is 4.27. The van der Waals surface area contributed by atoms with Crippen molar-refractivity contribution in [1.82, 2.24) is 4.90 Å². The van der Waals surface area contributed by atoms with Crippen molar-refractivity contribution in [2.45, 2.75) is 25.0 Å². The van der Waals surface area contributed by atoms with Gasteiger partial charge >= 0.3 is 12.1 Å². The number of rotatable bonds is 0. The Morgan fingerprint density at radius 1 is 1.69 bits per heavy atom. The molecule has 2 fully saturated rings. The highest BCUT2D eigenvalue weighted by molar-refractivity contribution is 5.83. The van der Waals surface area contributed by atoms with Crippen LogP contribution in [0.5, 0.6) is 0 Å². The van der Waals surface area contributed by atoms with E-state index in [0.717, 1.165) is 6.42 Å². The Bertz CT molecular complexity index is 253. The molecule has 0 aromatic carbocycles. The fourth-order valence-electron chi connectivity index (χ4n) is 1.84. The second-order valence-corrected chi connectivity index (χ2v) is 3.26. The normalized spacial score (nSPS) is 31.5. The second kappa shape index (κ2) is 2.90. The number of carbonyl (C=O) groups excluding carboxylic acids is 2. The van der Waals surface area contributed by atoms with Crippen LogP contribution >= 0.6 is 0 Å². The van der Waals surface area contributed by atoms with E-state index in [1.165, 1.54) is 12.0 Å². The molecule has 13 heavy (non-hydrogen) atoms. The van der Waals surface area contributed by atoms with Crippen molar-refractivity contribution in [1.29, 1.82) is 0 Å². The van der Waals surface area contributed by atoms with E-state index in [9.17, 15) is 9.59 Å². The highest BCUT2D eigenvalue weighted by Crippen LogP contribution is 2.28. The molecular weight excluding hydrogens is 174 g/mol. The molecule has 0 unspecified atom stereocenters. The summed E-state index contributed by atoms with van der Waals surface area (Å²) in [6, 6.07) is -0.411. The van der Waals surface area contributed by atoms with Crippen LogP contribution in [0.2, 0.25) is 0 Å². The van der Waals surface area contributed by atoms with E-state index in [4.69, 9.17) is 4.74 Å². The van der Waals surface area contributed by atoms with Crippen molar-refractivity contribution in [3.8, 4) is 0 Å². The van der Waals surface area contributed by atoms with Crippen LogP contribution in [-0.4, -0.2) is 42.8 Å². The molecule has 0 aliphatic carbocycles. The molecule has 2 atom stereocenters. The smallest absolute Gasteiger partial charge is 0.410 e. The zero-order valence-corrected chi connectivity index (χ0v) is 7.36. The monoisotopic (exact) mass is 185 g/mol. The lowest BCUT2D eigenvalue weighted by Crippen LogP contribution is -2.45. The van der Waals surface area contributed by atoms with Gasteiger partial charge in [0.05, 0.1) is 7.11 Å². The van der Waals surface area contributed by atoms with E-state index < -0.39 is 12.1 Å². The molecule has 2 rings (SSSR count). The number of hydrogen-bond acceptors (Lipinski definition) is 4. The number of methoxy groups -OCH3 is 1. The molecule has 5 nitrogen and oxygen atoms in total. The van der Waals surface area contributed by atoms with Gasteiger partial charge in [0.1, 0.15) is 12.1 Å². The van der Waals surface area contributed by atoms with E-state index >= 15 is 0 Å². The lowest BCUT2D eigenvalue weighted by Gasteiger charge is -2.27. The Labute approximate surface area is 75.6 Å². The number of esters is 1. The zero-order valence-electron chi connectivity index (χ0n) is 7.36. The molecule has 2 aliphatic rings. The zero-order chi connectivity index (χ0) is 9.42. The van der Waals surface area contributed by atoms with E-state index in [2.05, 4.69) is 4.74 Å². The largest absolute Gasteiger partial charge is 0.461 e. The lowest BCUT2D eigenvalue weighted by atomic mass is 10.0. The topological polar surface area (TPSA) is 55.8 Å². The molecule has 0 N–H and O–H groups in total. The van der Waals surface area contributed by atoms with E-state index in [1.54, 1.807) is 0 Å². The van der Waals surface area contributed by atoms with Gasteiger partial charge in [-0.3, -0.25) is 4.90 Å². The number of ether oxygens (including phenoxy) is 2. The van der Waals surface area contributed by atoms with Gasteiger partial charge in [-0.05, 0) is 0 Å². The Morgan fingerprint density at radius 2 is 2.46 bits per heavy atom. The molecule has 0 aromatic heterocycles. The maximum absolute atomic E-state index is 11.2. The fraction of sp³-hybridized carbons (Fsp3) is 0.750. The summed E-state index contributed by atoms with van der Waals surface area (Å²) in [5.41, 5.74) is 0. The maximum atomic E-state index is 11.2. The number of fused-ring (bicyclic) bond motifs is 2. The van der Waals surface area contributed by atoms with Crippen molar-refractivity contribution >= 4 is 12.1 Å². The SMILES string of the molecule is COC(=O)N1CC[C@@H]2C[C@H]1C(=O)O2. The van der Waals surface area contributed by atoms with Crippen LogP contribution in [0, 0.1) is 0 Å². The van der Waals surface area contributed by atoms with Crippen molar-refractivity contribution < 1.29 is 19.1 Å². The van der Waals surface area contributed by atoms with Gasteiger partial charge in [-0.1, -0.05) is 0 Å². The van der Waals surface area contributed by atoms with Gasteiger partial charge in [0, 0.05) is 19.4 Å². The number of carbonyl (C=O) groups is 2. The summed E-state index contributed by atoms with van der Waals surface area (Å²) in [6.07, 6.45) is 0.909. The first-order valence-corrected chi connectivity index (χ1v) is 4.27.